The molecule has 0 fully saturated rings. The molecule has 0 spiro atoms. The van der Waals surface area contributed by atoms with Gasteiger partial charge in [0.05, 0.1) is 5.69 Å². The van der Waals surface area contributed by atoms with Crippen LogP contribution in [0.4, 0.5) is 14.5 Å². The summed E-state index contributed by atoms with van der Waals surface area (Å²) >= 11 is 6.08. The lowest BCUT2D eigenvalue weighted by Gasteiger charge is -2.12. The molecule has 0 aliphatic rings. The van der Waals surface area contributed by atoms with Crippen LogP contribution < -0.4 is 4.72 Å². The highest BCUT2D eigenvalue weighted by Crippen LogP contribution is 2.31. The van der Waals surface area contributed by atoms with Gasteiger partial charge in [0.1, 0.15) is 16.5 Å². The van der Waals surface area contributed by atoms with E-state index in [1.54, 1.807) is 30.3 Å². The molecule has 118 valence electrons. The molecule has 0 aromatic heterocycles. The van der Waals surface area contributed by atoms with Gasteiger partial charge >= 0.3 is 0 Å². The van der Waals surface area contributed by atoms with Crippen molar-refractivity contribution in [3.8, 4) is 0 Å². The van der Waals surface area contributed by atoms with Crippen LogP contribution in [0.3, 0.4) is 0 Å². The summed E-state index contributed by atoms with van der Waals surface area (Å²) in [5, 5.41) is 1.71. The van der Waals surface area contributed by atoms with Gasteiger partial charge < -0.3 is 0 Å². The number of benzene rings is 3. The molecule has 1 N–H and O–H groups in total. The normalized spacial score (nSPS) is 11.6. The zero-order valence-electron chi connectivity index (χ0n) is 11.6. The molecular formula is C16H10ClF2NO2S. The average Bonchev–Trinajstić information content (AvgIpc) is 2.50. The van der Waals surface area contributed by atoms with E-state index in [9.17, 15) is 17.2 Å². The van der Waals surface area contributed by atoms with Crippen molar-refractivity contribution in [1.82, 2.24) is 0 Å². The fraction of sp³-hybridized carbons (Fsp3) is 0. The number of hydrogen-bond donors (Lipinski definition) is 1. The molecule has 0 heterocycles. The Bertz CT molecular complexity index is 1010. The first-order valence-electron chi connectivity index (χ1n) is 6.53. The summed E-state index contributed by atoms with van der Waals surface area (Å²) in [4.78, 5) is -0.627. The molecule has 0 amide bonds. The Morgan fingerprint density at radius 3 is 2.30 bits per heavy atom. The van der Waals surface area contributed by atoms with E-state index in [4.69, 9.17) is 11.6 Å². The van der Waals surface area contributed by atoms with Crippen molar-refractivity contribution in [2.75, 3.05) is 4.72 Å². The first-order valence-corrected chi connectivity index (χ1v) is 8.40. The summed E-state index contributed by atoms with van der Waals surface area (Å²) in [5.41, 5.74) is 0.258. The second-order valence-corrected chi connectivity index (χ2v) is 6.88. The van der Waals surface area contributed by atoms with Crippen LogP contribution in [0.5, 0.6) is 0 Å². The average molecular weight is 354 g/mol. The Morgan fingerprint density at radius 1 is 0.913 bits per heavy atom. The van der Waals surface area contributed by atoms with Gasteiger partial charge in [-0.1, -0.05) is 35.9 Å². The fourth-order valence-corrected chi connectivity index (χ4v) is 3.61. The number of hydrogen-bond acceptors (Lipinski definition) is 2. The van der Waals surface area contributed by atoms with E-state index in [0.29, 0.717) is 21.9 Å². The molecule has 0 radical (unpaired) electrons. The summed E-state index contributed by atoms with van der Waals surface area (Å²) < 4.78 is 53.7. The summed E-state index contributed by atoms with van der Waals surface area (Å²) in [5.74, 6) is -2.01. The van der Waals surface area contributed by atoms with Gasteiger partial charge in [-0.25, -0.2) is 17.2 Å². The molecule has 0 saturated heterocycles. The minimum absolute atomic E-state index is 0.258. The molecule has 0 aliphatic carbocycles. The highest BCUT2D eigenvalue weighted by atomic mass is 35.5. The number of nitrogens with one attached hydrogen (secondary N) is 1. The third kappa shape index (κ3) is 3.00. The standard InChI is InChI=1S/C16H10ClF2NO2S/c17-13-6-7-15(12-4-2-1-3-11(12)13)20-23(21,22)16-8-5-10(18)9-14(16)19/h1-9,20H. The molecule has 3 aromatic carbocycles. The second-order valence-electron chi connectivity index (χ2n) is 4.82. The van der Waals surface area contributed by atoms with Gasteiger partial charge in [-0.15, -0.1) is 0 Å². The zero-order valence-corrected chi connectivity index (χ0v) is 13.1. The van der Waals surface area contributed by atoms with E-state index in [2.05, 4.69) is 4.72 Å². The van der Waals surface area contributed by atoms with Crippen molar-refractivity contribution in [1.29, 1.82) is 0 Å². The van der Waals surface area contributed by atoms with Gasteiger partial charge in [-0.3, -0.25) is 4.72 Å². The second kappa shape index (κ2) is 5.79. The SMILES string of the molecule is O=S(=O)(Nc1ccc(Cl)c2ccccc12)c1ccc(F)cc1F. The maximum absolute atomic E-state index is 13.7. The first-order chi connectivity index (χ1) is 10.9. The maximum Gasteiger partial charge on any atom is 0.264 e. The number of anilines is 1. The van der Waals surface area contributed by atoms with E-state index in [1.165, 1.54) is 6.07 Å². The van der Waals surface area contributed by atoms with Crippen LogP contribution in [0, 0.1) is 11.6 Å². The van der Waals surface area contributed by atoms with Gasteiger partial charge in [0.25, 0.3) is 10.0 Å². The zero-order chi connectivity index (χ0) is 16.6. The van der Waals surface area contributed by atoms with Crippen molar-refractivity contribution in [2.24, 2.45) is 0 Å². The predicted octanol–water partition coefficient (Wildman–Crippen LogP) is 4.57. The van der Waals surface area contributed by atoms with Gasteiger partial charge in [0, 0.05) is 21.9 Å². The predicted molar refractivity (Wildman–Crippen MR) is 86.1 cm³/mol. The lowest BCUT2D eigenvalue weighted by molar-refractivity contribution is 0.551. The number of halogens is 3. The maximum atomic E-state index is 13.7. The highest BCUT2D eigenvalue weighted by molar-refractivity contribution is 7.92. The molecular weight excluding hydrogens is 344 g/mol. The van der Waals surface area contributed by atoms with E-state index in [1.807, 2.05) is 0 Å². The van der Waals surface area contributed by atoms with Crippen LogP contribution >= 0.6 is 11.6 Å². The molecule has 23 heavy (non-hydrogen) atoms. The van der Waals surface area contributed by atoms with Gasteiger partial charge in [-0.2, -0.15) is 0 Å². The van der Waals surface area contributed by atoms with E-state index in [0.717, 1.165) is 12.1 Å². The van der Waals surface area contributed by atoms with Crippen LogP contribution in [0.1, 0.15) is 0 Å². The Balaban J connectivity index is 2.10. The monoisotopic (exact) mass is 353 g/mol. The minimum Gasteiger partial charge on any atom is -0.279 e. The molecule has 0 aliphatic heterocycles. The molecule has 3 rings (SSSR count). The Hall–Kier alpha value is -2.18. The molecule has 0 unspecified atom stereocenters. The van der Waals surface area contributed by atoms with Crippen molar-refractivity contribution < 1.29 is 17.2 Å². The molecule has 0 saturated carbocycles. The topological polar surface area (TPSA) is 46.2 Å². The van der Waals surface area contributed by atoms with Crippen LogP contribution in [0.2, 0.25) is 5.02 Å². The number of sulfonamides is 1. The van der Waals surface area contributed by atoms with Crippen LogP contribution in [0.25, 0.3) is 10.8 Å². The number of fused-ring (bicyclic) bond motifs is 1. The minimum atomic E-state index is -4.20. The quantitative estimate of drug-likeness (QED) is 0.749. The molecule has 3 aromatic rings. The Kier molecular flexibility index (Phi) is 3.95. The van der Waals surface area contributed by atoms with Gasteiger partial charge in [0.15, 0.2) is 0 Å². The summed E-state index contributed by atoms with van der Waals surface area (Å²) in [6.07, 6.45) is 0. The Morgan fingerprint density at radius 2 is 1.61 bits per heavy atom. The lowest BCUT2D eigenvalue weighted by Crippen LogP contribution is -2.15. The third-order valence-corrected chi connectivity index (χ3v) is 5.03. The van der Waals surface area contributed by atoms with Crippen molar-refractivity contribution in [3.05, 3.63) is 71.3 Å². The summed E-state index contributed by atoms with van der Waals surface area (Å²) in [7, 11) is -4.20. The smallest absolute Gasteiger partial charge is 0.264 e. The van der Waals surface area contributed by atoms with Crippen LogP contribution in [-0.4, -0.2) is 8.42 Å². The third-order valence-electron chi connectivity index (χ3n) is 3.30. The van der Waals surface area contributed by atoms with Crippen molar-refractivity contribution in [2.45, 2.75) is 4.90 Å². The fourth-order valence-electron chi connectivity index (χ4n) is 2.24. The van der Waals surface area contributed by atoms with Crippen molar-refractivity contribution >= 4 is 38.1 Å². The van der Waals surface area contributed by atoms with E-state index < -0.39 is 26.6 Å². The molecule has 0 atom stereocenters. The van der Waals surface area contributed by atoms with Gasteiger partial charge in [0.2, 0.25) is 0 Å². The largest absolute Gasteiger partial charge is 0.279 e. The Labute approximate surface area is 136 Å². The van der Waals surface area contributed by atoms with Gasteiger partial charge in [-0.05, 0) is 24.3 Å². The summed E-state index contributed by atoms with van der Waals surface area (Å²) in [6, 6.07) is 12.3. The van der Waals surface area contributed by atoms with E-state index >= 15 is 0 Å². The summed E-state index contributed by atoms with van der Waals surface area (Å²) in [6.45, 7) is 0. The first kappa shape index (κ1) is 15.7. The molecule has 3 nitrogen and oxygen atoms in total. The van der Waals surface area contributed by atoms with Crippen LogP contribution in [-0.2, 0) is 10.0 Å². The molecule has 7 heteroatoms. The van der Waals surface area contributed by atoms with Crippen molar-refractivity contribution in [3.63, 3.8) is 0 Å². The highest BCUT2D eigenvalue weighted by Gasteiger charge is 2.20. The molecule has 0 bridgehead atoms. The number of rotatable bonds is 3. The lowest BCUT2D eigenvalue weighted by atomic mass is 10.1. The van der Waals surface area contributed by atoms with Crippen LogP contribution in [0.15, 0.2) is 59.5 Å². The van der Waals surface area contributed by atoms with E-state index in [-0.39, 0.29) is 5.69 Å².